The number of sulfonamides is 1. The van der Waals surface area contributed by atoms with E-state index in [0.29, 0.717) is 19.1 Å². The Morgan fingerprint density at radius 2 is 2.09 bits per heavy atom. The highest BCUT2D eigenvalue weighted by atomic mass is 32.2. The second-order valence-corrected chi connectivity index (χ2v) is 8.06. The fraction of sp³-hybridized carbons (Fsp3) is 0.647. The van der Waals surface area contributed by atoms with Gasteiger partial charge in [-0.15, -0.1) is 0 Å². The van der Waals surface area contributed by atoms with Gasteiger partial charge >= 0.3 is 0 Å². The van der Waals surface area contributed by atoms with Crippen LogP contribution in [0.25, 0.3) is 0 Å². The molecule has 1 atom stereocenters. The van der Waals surface area contributed by atoms with E-state index in [1.54, 1.807) is 0 Å². The van der Waals surface area contributed by atoms with Gasteiger partial charge < -0.3 is 9.47 Å². The molecule has 1 aliphatic heterocycles. The second kappa shape index (κ2) is 8.66. The normalized spacial score (nSPS) is 19.0. The molecule has 1 aromatic rings. The van der Waals surface area contributed by atoms with Gasteiger partial charge in [-0.1, -0.05) is 32.0 Å². The highest BCUT2D eigenvalue weighted by Crippen LogP contribution is 2.25. The van der Waals surface area contributed by atoms with Gasteiger partial charge in [0.2, 0.25) is 10.0 Å². The maximum atomic E-state index is 12.0. The van der Waals surface area contributed by atoms with E-state index in [1.807, 2.05) is 24.3 Å². The van der Waals surface area contributed by atoms with Crippen molar-refractivity contribution >= 4 is 10.0 Å². The van der Waals surface area contributed by atoms with Crippen LogP contribution >= 0.6 is 0 Å². The zero-order valence-electron chi connectivity index (χ0n) is 14.0. The first kappa shape index (κ1) is 18.2. The summed E-state index contributed by atoms with van der Waals surface area (Å²) in [6.07, 6.45) is 2.70. The molecule has 1 aromatic carbocycles. The van der Waals surface area contributed by atoms with Gasteiger partial charge in [0.25, 0.3) is 0 Å². The lowest BCUT2D eigenvalue weighted by molar-refractivity contribution is 0.0304. The molecular weight excluding hydrogens is 314 g/mol. The molecule has 0 aromatic heterocycles. The molecule has 23 heavy (non-hydrogen) atoms. The van der Waals surface area contributed by atoms with Gasteiger partial charge in [-0.05, 0) is 36.8 Å². The van der Waals surface area contributed by atoms with Crippen molar-refractivity contribution in [2.45, 2.75) is 45.1 Å². The molecule has 130 valence electrons. The Kier molecular flexibility index (Phi) is 6.87. The topological polar surface area (TPSA) is 64.6 Å². The van der Waals surface area contributed by atoms with Gasteiger partial charge in [-0.25, -0.2) is 13.1 Å². The summed E-state index contributed by atoms with van der Waals surface area (Å²) in [6.45, 7) is 5.45. The fourth-order valence-electron chi connectivity index (χ4n) is 2.69. The molecule has 0 bridgehead atoms. The van der Waals surface area contributed by atoms with E-state index >= 15 is 0 Å². The first-order valence-corrected chi connectivity index (χ1v) is 9.94. The summed E-state index contributed by atoms with van der Waals surface area (Å²) in [7, 11) is -3.32. The van der Waals surface area contributed by atoms with Crippen LogP contribution in [0.5, 0.6) is 5.75 Å². The van der Waals surface area contributed by atoms with E-state index in [1.165, 1.54) is 0 Å². The smallest absolute Gasteiger partial charge is 0.214 e. The number of rotatable bonds is 8. The van der Waals surface area contributed by atoms with E-state index in [4.69, 9.17) is 9.47 Å². The molecule has 5 nitrogen and oxygen atoms in total. The minimum absolute atomic E-state index is 0.0373. The number of ether oxygens (including phenoxy) is 2. The van der Waals surface area contributed by atoms with Crippen molar-refractivity contribution in [3.05, 3.63) is 29.8 Å². The van der Waals surface area contributed by atoms with Gasteiger partial charge in [-0.3, -0.25) is 0 Å². The number of hydrogen-bond acceptors (Lipinski definition) is 4. The first-order valence-electron chi connectivity index (χ1n) is 8.28. The molecule has 1 unspecified atom stereocenters. The van der Waals surface area contributed by atoms with Gasteiger partial charge in [0.15, 0.2) is 0 Å². The lowest BCUT2D eigenvalue weighted by atomic mass is 10.0. The molecule has 0 aliphatic carbocycles. The molecule has 1 heterocycles. The lowest BCUT2D eigenvalue weighted by Gasteiger charge is -2.22. The lowest BCUT2D eigenvalue weighted by Crippen LogP contribution is -2.36. The van der Waals surface area contributed by atoms with E-state index in [0.717, 1.165) is 30.6 Å². The highest BCUT2D eigenvalue weighted by molar-refractivity contribution is 7.89. The maximum absolute atomic E-state index is 12.0. The quantitative estimate of drug-likeness (QED) is 0.738. The Hall–Kier alpha value is -1.11. The summed E-state index contributed by atoms with van der Waals surface area (Å²) in [5, 5.41) is 0. The predicted octanol–water partition coefficient (Wildman–Crippen LogP) is 2.68. The summed E-state index contributed by atoms with van der Waals surface area (Å²) >= 11 is 0. The zero-order chi connectivity index (χ0) is 16.7. The van der Waals surface area contributed by atoms with Crippen LogP contribution in [0.1, 0.15) is 44.6 Å². The molecule has 0 radical (unpaired) electrons. The third-order valence-electron chi connectivity index (χ3n) is 3.90. The molecule has 1 saturated heterocycles. The Labute approximate surface area is 139 Å². The summed E-state index contributed by atoms with van der Waals surface area (Å²) < 4.78 is 37.9. The van der Waals surface area contributed by atoms with Crippen molar-refractivity contribution in [1.29, 1.82) is 0 Å². The largest absolute Gasteiger partial charge is 0.492 e. The standard InChI is InChI=1S/C17H27NO4S/c1-14(2)16-8-3-4-9-17(16)22-12-10-18-23(19,20)13-15-7-5-6-11-21-15/h3-4,8-9,14-15,18H,5-7,10-13H2,1-2H3. The van der Waals surface area contributed by atoms with E-state index < -0.39 is 10.0 Å². The number of para-hydroxylation sites is 1. The average molecular weight is 341 g/mol. The van der Waals surface area contributed by atoms with Crippen LogP contribution in [0.2, 0.25) is 0 Å². The van der Waals surface area contributed by atoms with Crippen molar-refractivity contribution in [3.63, 3.8) is 0 Å². The molecule has 1 fully saturated rings. The van der Waals surface area contributed by atoms with Crippen LogP contribution in [0.3, 0.4) is 0 Å². The number of benzene rings is 1. The monoisotopic (exact) mass is 341 g/mol. The van der Waals surface area contributed by atoms with E-state index in [2.05, 4.69) is 18.6 Å². The Morgan fingerprint density at radius 3 is 2.78 bits per heavy atom. The SMILES string of the molecule is CC(C)c1ccccc1OCCNS(=O)(=O)CC1CCCCO1. The van der Waals surface area contributed by atoms with Crippen LogP contribution in [0.15, 0.2) is 24.3 Å². The van der Waals surface area contributed by atoms with E-state index in [-0.39, 0.29) is 18.4 Å². The third kappa shape index (κ3) is 6.12. The fourth-order valence-corrected chi connectivity index (χ4v) is 3.95. The summed E-state index contributed by atoms with van der Waals surface area (Å²) in [5.74, 6) is 1.22. The molecular formula is C17H27NO4S. The zero-order valence-corrected chi connectivity index (χ0v) is 14.8. The van der Waals surface area contributed by atoms with E-state index in [9.17, 15) is 8.42 Å². The highest BCUT2D eigenvalue weighted by Gasteiger charge is 2.21. The number of hydrogen-bond donors (Lipinski definition) is 1. The average Bonchev–Trinajstić information content (AvgIpc) is 2.52. The van der Waals surface area contributed by atoms with Crippen LogP contribution in [-0.2, 0) is 14.8 Å². The third-order valence-corrected chi connectivity index (χ3v) is 5.36. The molecule has 1 aliphatic rings. The number of nitrogens with one attached hydrogen (secondary N) is 1. The second-order valence-electron chi connectivity index (χ2n) is 6.21. The van der Waals surface area contributed by atoms with Crippen LogP contribution in [0.4, 0.5) is 0 Å². The van der Waals surface area contributed by atoms with Crippen LogP contribution in [0, 0.1) is 0 Å². The van der Waals surface area contributed by atoms with Gasteiger partial charge in [0, 0.05) is 13.2 Å². The Balaban J connectivity index is 1.76. The minimum Gasteiger partial charge on any atom is -0.492 e. The Morgan fingerprint density at radius 1 is 1.30 bits per heavy atom. The minimum atomic E-state index is -3.32. The molecule has 2 rings (SSSR count). The van der Waals surface area contributed by atoms with Crippen molar-refractivity contribution in [2.24, 2.45) is 0 Å². The van der Waals surface area contributed by atoms with Gasteiger partial charge in [0.05, 0.1) is 11.9 Å². The maximum Gasteiger partial charge on any atom is 0.214 e. The molecule has 0 amide bonds. The van der Waals surface area contributed by atoms with Crippen molar-refractivity contribution in [3.8, 4) is 5.75 Å². The van der Waals surface area contributed by atoms with Gasteiger partial charge in [0.1, 0.15) is 12.4 Å². The molecule has 0 saturated carbocycles. The first-order chi connectivity index (χ1) is 11.0. The predicted molar refractivity (Wildman–Crippen MR) is 91.4 cm³/mol. The van der Waals surface area contributed by atoms with Crippen LogP contribution in [-0.4, -0.2) is 40.0 Å². The summed E-state index contributed by atoms with van der Waals surface area (Å²) in [4.78, 5) is 0. The van der Waals surface area contributed by atoms with Gasteiger partial charge in [-0.2, -0.15) is 0 Å². The summed E-state index contributed by atoms with van der Waals surface area (Å²) in [5.41, 5.74) is 1.13. The molecule has 1 N–H and O–H groups in total. The van der Waals surface area contributed by atoms with Crippen molar-refractivity contribution in [1.82, 2.24) is 4.72 Å². The van der Waals surface area contributed by atoms with Crippen molar-refractivity contribution in [2.75, 3.05) is 25.5 Å². The molecule has 6 heteroatoms. The molecule has 0 spiro atoms. The summed E-state index contributed by atoms with van der Waals surface area (Å²) in [6, 6.07) is 7.85. The Bertz CT molecular complexity index is 580. The van der Waals surface area contributed by atoms with Crippen molar-refractivity contribution < 1.29 is 17.9 Å². The van der Waals surface area contributed by atoms with Crippen LogP contribution < -0.4 is 9.46 Å².